The van der Waals surface area contributed by atoms with E-state index in [2.05, 4.69) is 21.9 Å². The minimum Gasteiger partial charge on any atom is -0.383 e. The molecule has 86 valence electrons. The molecule has 0 aliphatic carbocycles. The van der Waals surface area contributed by atoms with Crippen LogP contribution in [0.25, 0.3) is 0 Å². The van der Waals surface area contributed by atoms with Gasteiger partial charge in [0.1, 0.15) is 5.82 Å². The molecule has 1 atom stereocenters. The SMILES string of the molecule is CCCn1ccnc1CC(COC)NN. The maximum Gasteiger partial charge on any atom is 0.110 e. The van der Waals surface area contributed by atoms with Crippen LogP contribution in [-0.4, -0.2) is 29.3 Å². The summed E-state index contributed by atoms with van der Waals surface area (Å²) in [6, 6.07) is 0.119. The van der Waals surface area contributed by atoms with Gasteiger partial charge in [-0.3, -0.25) is 11.3 Å². The Labute approximate surface area is 90.6 Å². The molecule has 1 unspecified atom stereocenters. The number of methoxy groups -OCH3 is 1. The van der Waals surface area contributed by atoms with Crippen LogP contribution in [0.15, 0.2) is 12.4 Å². The highest BCUT2D eigenvalue weighted by molar-refractivity contribution is 4.95. The molecule has 0 aromatic carbocycles. The van der Waals surface area contributed by atoms with Crippen LogP contribution in [0.1, 0.15) is 19.2 Å². The van der Waals surface area contributed by atoms with Crippen molar-refractivity contribution in [1.82, 2.24) is 15.0 Å². The maximum absolute atomic E-state index is 5.43. The van der Waals surface area contributed by atoms with Crippen LogP contribution in [0.4, 0.5) is 0 Å². The van der Waals surface area contributed by atoms with Crippen LogP contribution < -0.4 is 11.3 Å². The smallest absolute Gasteiger partial charge is 0.110 e. The summed E-state index contributed by atoms with van der Waals surface area (Å²) >= 11 is 0. The van der Waals surface area contributed by atoms with E-state index in [1.165, 1.54) is 0 Å². The summed E-state index contributed by atoms with van der Waals surface area (Å²) in [5.41, 5.74) is 2.73. The number of nitrogens with one attached hydrogen (secondary N) is 1. The fourth-order valence-electron chi connectivity index (χ4n) is 1.56. The standard InChI is InChI=1S/C10H20N4O/c1-3-5-14-6-4-12-10(14)7-9(13-11)8-15-2/h4,6,9,13H,3,5,7-8,11H2,1-2H3. The second-order valence-corrected chi connectivity index (χ2v) is 3.56. The first-order chi connectivity index (χ1) is 7.31. The minimum atomic E-state index is 0.119. The highest BCUT2D eigenvalue weighted by Gasteiger charge is 2.10. The molecule has 0 spiro atoms. The van der Waals surface area contributed by atoms with Crippen molar-refractivity contribution >= 4 is 0 Å². The Balaban J connectivity index is 2.57. The van der Waals surface area contributed by atoms with Crippen molar-refractivity contribution in [2.45, 2.75) is 32.4 Å². The monoisotopic (exact) mass is 212 g/mol. The Morgan fingerprint density at radius 3 is 3.07 bits per heavy atom. The normalized spacial score (nSPS) is 13.0. The van der Waals surface area contributed by atoms with Crippen LogP contribution in [0, 0.1) is 0 Å². The van der Waals surface area contributed by atoms with E-state index >= 15 is 0 Å². The van der Waals surface area contributed by atoms with Crippen LogP contribution >= 0.6 is 0 Å². The lowest BCUT2D eigenvalue weighted by Crippen LogP contribution is -2.40. The lowest BCUT2D eigenvalue weighted by Gasteiger charge is -2.15. The van der Waals surface area contributed by atoms with Gasteiger partial charge in [0.05, 0.1) is 12.6 Å². The van der Waals surface area contributed by atoms with E-state index in [0.29, 0.717) is 6.61 Å². The van der Waals surface area contributed by atoms with Crippen molar-refractivity contribution in [3.63, 3.8) is 0 Å². The summed E-state index contributed by atoms with van der Waals surface area (Å²) in [6.07, 6.45) is 5.72. The molecule has 0 aliphatic rings. The number of hydrogen-bond acceptors (Lipinski definition) is 4. The van der Waals surface area contributed by atoms with Crippen molar-refractivity contribution in [1.29, 1.82) is 0 Å². The summed E-state index contributed by atoms with van der Waals surface area (Å²) < 4.78 is 7.22. The predicted octanol–water partition coefficient (Wildman–Crippen LogP) is 0.314. The van der Waals surface area contributed by atoms with Gasteiger partial charge in [-0.25, -0.2) is 4.98 Å². The van der Waals surface area contributed by atoms with Gasteiger partial charge in [0, 0.05) is 32.5 Å². The molecule has 0 bridgehead atoms. The molecule has 0 aliphatic heterocycles. The predicted molar refractivity (Wildman–Crippen MR) is 59.2 cm³/mol. The first-order valence-electron chi connectivity index (χ1n) is 5.26. The zero-order chi connectivity index (χ0) is 11.1. The second-order valence-electron chi connectivity index (χ2n) is 3.56. The van der Waals surface area contributed by atoms with Crippen molar-refractivity contribution in [3.8, 4) is 0 Å². The molecule has 3 N–H and O–H groups in total. The molecular weight excluding hydrogens is 192 g/mol. The summed E-state index contributed by atoms with van der Waals surface area (Å²) in [6.45, 7) is 3.74. The zero-order valence-corrected chi connectivity index (χ0v) is 9.44. The first kappa shape index (κ1) is 12.2. The molecule has 0 radical (unpaired) electrons. The van der Waals surface area contributed by atoms with Gasteiger partial charge in [-0.2, -0.15) is 0 Å². The Kier molecular flexibility index (Phi) is 5.31. The van der Waals surface area contributed by atoms with Crippen LogP contribution in [0.2, 0.25) is 0 Å². The fraction of sp³-hybridized carbons (Fsp3) is 0.700. The number of ether oxygens (including phenoxy) is 1. The molecule has 1 aromatic heterocycles. The Hall–Kier alpha value is -0.910. The van der Waals surface area contributed by atoms with E-state index in [1.807, 2.05) is 12.4 Å². The molecule has 5 nitrogen and oxygen atoms in total. The van der Waals surface area contributed by atoms with Gasteiger partial charge in [-0.05, 0) is 6.42 Å². The summed E-state index contributed by atoms with van der Waals surface area (Å²) in [5, 5.41) is 0. The highest BCUT2D eigenvalue weighted by Crippen LogP contribution is 2.03. The molecule has 0 amide bonds. The van der Waals surface area contributed by atoms with Crippen LogP contribution in [0.3, 0.4) is 0 Å². The summed E-state index contributed by atoms with van der Waals surface area (Å²) in [7, 11) is 1.67. The molecule has 15 heavy (non-hydrogen) atoms. The lowest BCUT2D eigenvalue weighted by atomic mass is 10.2. The van der Waals surface area contributed by atoms with E-state index in [9.17, 15) is 0 Å². The third-order valence-electron chi connectivity index (χ3n) is 2.30. The average Bonchev–Trinajstić information content (AvgIpc) is 2.66. The molecule has 0 saturated carbocycles. The van der Waals surface area contributed by atoms with Gasteiger partial charge in [0.25, 0.3) is 0 Å². The summed E-state index contributed by atoms with van der Waals surface area (Å²) in [5.74, 6) is 6.49. The van der Waals surface area contributed by atoms with Gasteiger partial charge < -0.3 is 9.30 Å². The maximum atomic E-state index is 5.43. The molecule has 1 aromatic rings. The first-order valence-corrected chi connectivity index (χ1v) is 5.26. The highest BCUT2D eigenvalue weighted by atomic mass is 16.5. The van der Waals surface area contributed by atoms with E-state index < -0.39 is 0 Å². The van der Waals surface area contributed by atoms with E-state index in [0.717, 1.165) is 25.2 Å². The number of hydrogen-bond donors (Lipinski definition) is 2. The van der Waals surface area contributed by atoms with E-state index in [1.54, 1.807) is 7.11 Å². The van der Waals surface area contributed by atoms with E-state index in [-0.39, 0.29) is 6.04 Å². The Morgan fingerprint density at radius 2 is 2.47 bits per heavy atom. The average molecular weight is 212 g/mol. The number of rotatable bonds is 7. The zero-order valence-electron chi connectivity index (χ0n) is 9.44. The number of hydrazine groups is 1. The van der Waals surface area contributed by atoms with Crippen LogP contribution in [-0.2, 0) is 17.7 Å². The number of nitrogens with zero attached hydrogens (tertiary/aromatic N) is 2. The molecule has 0 fully saturated rings. The topological polar surface area (TPSA) is 65.1 Å². The lowest BCUT2D eigenvalue weighted by molar-refractivity contribution is 0.165. The third-order valence-corrected chi connectivity index (χ3v) is 2.30. The van der Waals surface area contributed by atoms with Gasteiger partial charge in [-0.15, -0.1) is 0 Å². The Morgan fingerprint density at radius 1 is 1.67 bits per heavy atom. The largest absolute Gasteiger partial charge is 0.383 e. The quantitative estimate of drug-likeness (QED) is 0.504. The van der Waals surface area contributed by atoms with Crippen molar-refractivity contribution in [2.75, 3.05) is 13.7 Å². The van der Waals surface area contributed by atoms with Gasteiger partial charge in [0.2, 0.25) is 0 Å². The Bertz CT molecular complexity index is 274. The fourth-order valence-corrected chi connectivity index (χ4v) is 1.56. The molecule has 5 heteroatoms. The van der Waals surface area contributed by atoms with Crippen molar-refractivity contribution < 1.29 is 4.74 Å². The number of aromatic nitrogens is 2. The molecule has 1 heterocycles. The molecule has 0 saturated heterocycles. The van der Waals surface area contributed by atoms with Gasteiger partial charge in [-0.1, -0.05) is 6.92 Å². The number of aryl methyl sites for hydroxylation is 1. The molecule has 1 rings (SSSR count). The summed E-state index contributed by atoms with van der Waals surface area (Å²) in [4.78, 5) is 4.32. The number of imidazole rings is 1. The third kappa shape index (κ3) is 3.62. The van der Waals surface area contributed by atoms with E-state index in [4.69, 9.17) is 10.6 Å². The second kappa shape index (κ2) is 6.55. The van der Waals surface area contributed by atoms with Gasteiger partial charge >= 0.3 is 0 Å². The van der Waals surface area contributed by atoms with Crippen molar-refractivity contribution in [3.05, 3.63) is 18.2 Å². The van der Waals surface area contributed by atoms with Crippen LogP contribution in [0.5, 0.6) is 0 Å². The molecular formula is C10H20N4O. The minimum absolute atomic E-state index is 0.119. The number of nitrogens with two attached hydrogens (primary N) is 1. The van der Waals surface area contributed by atoms with Gasteiger partial charge in [0.15, 0.2) is 0 Å². The van der Waals surface area contributed by atoms with Crippen molar-refractivity contribution in [2.24, 2.45) is 5.84 Å².